The molecule has 0 amide bonds. The van der Waals surface area contributed by atoms with Crippen LogP contribution < -0.4 is 9.05 Å². The molecule has 2 heterocycles. The number of aromatic amines is 2. The van der Waals surface area contributed by atoms with Gasteiger partial charge in [0.05, 0.1) is 0 Å². The number of rotatable bonds is 4. The van der Waals surface area contributed by atoms with E-state index in [2.05, 4.69) is 30.8 Å². The van der Waals surface area contributed by atoms with Crippen LogP contribution in [0.2, 0.25) is 0 Å². The van der Waals surface area contributed by atoms with Gasteiger partial charge in [-0.15, -0.1) is 0 Å². The quantitative estimate of drug-likeness (QED) is 0.481. The molecule has 10 nitrogen and oxygen atoms in total. The molecule has 0 aliphatic heterocycles. The Hall–Kier alpha value is -2.97. The molecule has 0 aliphatic rings. The van der Waals surface area contributed by atoms with Gasteiger partial charge in [0.2, 0.25) is 0 Å². The van der Waals surface area contributed by atoms with E-state index in [1.54, 1.807) is 24.3 Å². The number of H-pyrrole nitrogens is 2. The number of hydrogen-bond donors (Lipinski definition) is 3. The van der Waals surface area contributed by atoms with E-state index >= 15 is 0 Å². The Kier molecular flexibility index (Phi) is 3.00. The standard InChI is InChI=1S/C12H9N6O4P/c19-23(20,21-9-5-1-3-7-11(9)15-17-13-7)22-10-6-2-4-8-12(10)16-18-14-8/h1-6H,(H,19,20)(H,13,15,17)(H,14,16,18). The fraction of sp³-hybridized carbons (Fsp3) is 0. The van der Waals surface area contributed by atoms with E-state index in [9.17, 15) is 9.46 Å². The first-order valence-electron chi connectivity index (χ1n) is 6.43. The molecule has 0 fully saturated rings. The number of hydrogen-bond acceptors (Lipinski definition) is 7. The van der Waals surface area contributed by atoms with Crippen molar-refractivity contribution in [2.24, 2.45) is 0 Å². The van der Waals surface area contributed by atoms with Crippen LogP contribution in [0.15, 0.2) is 36.4 Å². The lowest BCUT2D eigenvalue weighted by Gasteiger charge is -2.13. The molecule has 0 unspecified atom stereocenters. The maximum atomic E-state index is 12.3. The Bertz CT molecular complexity index is 964. The van der Waals surface area contributed by atoms with E-state index in [4.69, 9.17) is 9.05 Å². The molecule has 0 atom stereocenters. The molecule has 0 aliphatic carbocycles. The monoisotopic (exact) mass is 332 g/mol. The fourth-order valence-electron chi connectivity index (χ4n) is 2.10. The second kappa shape index (κ2) is 5.04. The zero-order chi connectivity index (χ0) is 15.9. The minimum Gasteiger partial charge on any atom is -0.393 e. The molecular weight excluding hydrogens is 323 g/mol. The van der Waals surface area contributed by atoms with Crippen LogP contribution in [0.5, 0.6) is 11.5 Å². The van der Waals surface area contributed by atoms with Gasteiger partial charge in [-0.1, -0.05) is 12.1 Å². The van der Waals surface area contributed by atoms with Crippen molar-refractivity contribution in [3.05, 3.63) is 36.4 Å². The van der Waals surface area contributed by atoms with Gasteiger partial charge in [0.25, 0.3) is 0 Å². The number of phosphoric ester groups is 1. The summed E-state index contributed by atoms with van der Waals surface area (Å²) in [5.41, 5.74) is 1.65. The molecule has 116 valence electrons. The summed E-state index contributed by atoms with van der Waals surface area (Å²) in [5, 5.41) is 20.3. The lowest BCUT2D eigenvalue weighted by Crippen LogP contribution is -2.00. The fourth-order valence-corrected chi connectivity index (χ4v) is 2.93. The van der Waals surface area contributed by atoms with Crippen LogP contribution in [0.4, 0.5) is 0 Å². The average Bonchev–Trinajstić information content (AvgIpc) is 3.16. The first-order chi connectivity index (χ1) is 11.1. The Labute approximate surface area is 128 Å². The average molecular weight is 332 g/mol. The number of phosphoric acid groups is 1. The smallest absolute Gasteiger partial charge is 0.393 e. The SMILES string of the molecule is O=P(O)(Oc1cccc2n[nH]nc12)Oc1cccc2n[nH]nc12. The first-order valence-corrected chi connectivity index (χ1v) is 7.93. The largest absolute Gasteiger partial charge is 0.585 e. The number of fused-ring (bicyclic) bond motifs is 2. The van der Waals surface area contributed by atoms with Crippen LogP contribution >= 0.6 is 7.82 Å². The minimum atomic E-state index is -4.46. The summed E-state index contributed by atoms with van der Waals surface area (Å²) >= 11 is 0. The van der Waals surface area contributed by atoms with Crippen molar-refractivity contribution >= 4 is 29.9 Å². The van der Waals surface area contributed by atoms with Crippen LogP contribution in [0.1, 0.15) is 0 Å². The number of aromatic nitrogens is 6. The highest BCUT2D eigenvalue weighted by molar-refractivity contribution is 7.48. The van der Waals surface area contributed by atoms with Crippen molar-refractivity contribution in [2.45, 2.75) is 0 Å². The second-order valence-corrected chi connectivity index (χ2v) is 5.85. The number of para-hydroxylation sites is 2. The first kappa shape index (κ1) is 13.7. The zero-order valence-corrected chi connectivity index (χ0v) is 12.3. The molecule has 0 spiro atoms. The number of nitrogens with zero attached hydrogens (tertiary/aromatic N) is 4. The Balaban J connectivity index is 1.67. The minimum absolute atomic E-state index is 0.0782. The second-order valence-electron chi connectivity index (χ2n) is 4.55. The summed E-state index contributed by atoms with van der Waals surface area (Å²) in [6, 6.07) is 9.61. The lowest BCUT2D eigenvalue weighted by atomic mass is 10.3. The third-order valence-corrected chi connectivity index (χ3v) is 3.90. The van der Waals surface area contributed by atoms with Gasteiger partial charge in [-0.2, -0.15) is 30.8 Å². The normalized spacial score (nSPS) is 11.9. The molecule has 0 saturated heterocycles. The summed E-state index contributed by atoms with van der Waals surface area (Å²) in [7, 11) is -4.46. The van der Waals surface area contributed by atoms with Crippen LogP contribution in [-0.4, -0.2) is 35.7 Å². The van der Waals surface area contributed by atoms with E-state index in [0.717, 1.165) is 0 Å². The summed E-state index contributed by atoms with van der Waals surface area (Å²) < 4.78 is 22.5. The van der Waals surface area contributed by atoms with Gasteiger partial charge < -0.3 is 9.05 Å². The molecule has 2 aromatic carbocycles. The Morgan fingerprint density at radius 3 is 1.78 bits per heavy atom. The summed E-state index contributed by atoms with van der Waals surface area (Å²) in [6.45, 7) is 0. The van der Waals surface area contributed by atoms with Gasteiger partial charge in [0, 0.05) is 0 Å². The van der Waals surface area contributed by atoms with E-state index < -0.39 is 7.82 Å². The molecule has 2 aromatic heterocycles. The summed E-state index contributed by atoms with van der Waals surface area (Å²) in [4.78, 5) is 10.0. The molecular formula is C12H9N6O4P. The van der Waals surface area contributed by atoms with E-state index in [0.29, 0.717) is 22.1 Å². The van der Waals surface area contributed by atoms with Crippen molar-refractivity contribution in [3.63, 3.8) is 0 Å². The molecule has 0 radical (unpaired) electrons. The predicted octanol–water partition coefficient (Wildman–Crippen LogP) is 1.79. The van der Waals surface area contributed by atoms with E-state index in [-0.39, 0.29) is 11.5 Å². The predicted molar refractivity (Wildman–Crippen MR) is 78.9 cm³/mol. The molecule has 4 rings (SSSR count). The van der Waals surface area contributed by atoms with Crippen molar-refractivity contribution < 1.29 is 18.5 Å². The van der Waals surface area contributed by atoms with Gasteiger partial charge in [0.1, 0.15) is 11.0 Å². The van der Waals surface area contributed by atoms with Crippen molar-refractivity contribution in [3.8, 4) is 11.5 Å². The number of benzene rings is 2. The highest BCUT2D eigenvalue weighted by atomic mass is 31.2. The molecule has 11 heteroatoms. The van der Waals surface area contributed by atoms with Gasteiger partial charge in [-0.25, -0.2) is 4.57 Å². The topological polar surface area (TPSA) is 139 Å². The zero-order valence-electron chi connectivity index (χ0n) is 11.4. The van der Waals surface area contributed by atoms with Gasteiger partial charge in [-0.3, -0.25) is 4.89 Å². The van der Waals surface area contributed by atoms with Crippen molar-refractivity contribution in [1.29, 1.82) is 0 Å². The van der Waals surface area contributed by atoms with Crippen molar-refractivity contribution in [2.75, 3.05) is 0 Å². The molecule has 0 bridgehead atoms. The Morgan fingerprint density at radius 2 is 1.30 bits per heavy atom. The lowest BCUT2D eigenvalue weighted by molar-refractivity contribution is 0.293. The highest BCUT2D eigenvalue weighted by Gasteiger charge is 2.28. The maximum Gasteiger partial charge on any atom is 0.585 e. The van der Waals surface area contributed by atoms with Gasteiger partial charge in [0.15, 0.2) is 22.5 Å². The van der Waals surface area contributed by atoms with Crippen LogP contribution in [0.25, 0.3) is 22.1 Å². The third-order valence-electron chi connectivity index (χ3n) is 3.05. The van der Waals surface area contributed by atoms with Gasteiger partial charge >= 0.3 is 7.82 Å². The van der Waals surface area contributed by atoms with Gasteiger partial charge in [-0.05, 0) is 24.3 Å². The number of nitrogens with one attached hydrogen (secondary N) is 2. The van der Waals surface area contributed by atoms with E-state index in [1.165, 1.54) is 12.1 Å². The Morgan fingerprint density at radius 1 is 0.826 bits per heavy atom. The maximum absolute atomic E-state index is 12.3. The van der Waals surface area contributed by atoms with Crippen LogP contribution in [-0.2, 0) is 4.57 Å². The molecule has 4 aromatic rings. The third kappa shape index (κ3) is 2.50. The summed E-state index contributed by atoms with van der Waals surface area (Å²) in [6.07, 6.45) is 0. The van der Waals surface area contributed by atoms with Crippen LogP contribution in [0.3, 0.4) is 0 Å². The van der Waals surface area contributed by atoms with E-state index in [1.807, 2.05) is 0 Å². The highest BCUT2D eigenvalue weighted by Crippen LogP contribution is 2.46. The van der Waals surface area contributed by atoms with Crippen molar-refractivity contribution in [1.82, 2.24) is 30.8 Å². The summed E-state index contributed by atoms with van der Waals surface area (Å²) in [5.74, 6) is 0.156. The molecule has 23 heavy (non-hydrogen) atoms. The molecule has 0 saturated carbocycles. The molecule has 3 N–H and O–H groups in total. The van der Waals surface area contributed by atoms with Crippen LogP contribution in [0, 0.1) is 0 Å².